The van der Waals surface area contributed by atoms with Crippen LogP contribution in [0.25, 0.3) is 0 Å². The van der Waals surface area contributed by atoms with Crippen molar-refractivity contribution in [2.75, 3.05) is 49.1 Å². The maximum absolute atomic E-state index is 13.7. The van der Waals surface area contributed by atoms with E-state index in [-0.39, 0.29) is 11.8 Å². The maximum atomic E-state index is 13.7. The van der Waals surface area contributed by atoms with Crippen LogP contribution in [0.5, 0.6) is 0 Å². The molecule has 2 saturated heterocycles. The Balaban J connectivity index is 1.29. The van der Waals surface area contributed by atoms with Gasteiger partial charge in [0.15, 0.2) is 0 Å². The summed E-state index contributed by atoms with van der Waals surface area (Å²) in [5, 5.41) is 0. The Bertz CT molecular complexity index is 1000. The van der Waals surface area contributed by atoms with E-state index in [1.54, 1.807) is 6.33 Å². The number of aromatic nitrogens is 2. The number of anilines is 2. The standard InChI is InChI=1S/C27H31N5O/c33-27(26(22-10-4-1-5-11-22)23-12-6-2-7-13-23)32-18-16-31(17-19-32)25-20-24(28-21-29-25)30-14-8-3-9-15-30/h1-2,4-7,10-13,20-21,26H,3,8-9,14-19H2. The van der Waals surface area contributed by atoms with E-state index in [4.69, 9.17) is 0 Å². The number of benzene rings is 2. The second kappa shape index (κ2) is 10.0. The van der Waals surface area contributed by atoms with Crippen molar-refractivity contribution in [3.63, 3.8) is 0 Å². The molecular weight excluding hydrogens is 410 g/mol. The second-order valence-electron chi connectivity index (χ2n) is 8.85. The summed E-state index contributed by atoms with van der Waals surface area (Å²) in [6.07, 6.45) is 5.43. The highest BCUT2D eigenvalue weighted by Gasteiger charge is 2.30. The Morgan fingerprint density at radius 1 is 0.667 bits per heavy atom. The van der Waals surface area contributed by atoms with Crippen LogP contribution < -0.4 is 9.80 Å². The van der Waals surface area contributed by atoms with Crippen molar-refractivity contribution >= 4 is 17.5 Å². The number of hydrogen-bond acceptors (Lipinski definition) is 5. The van der Waals surface area contributed by atoms with Gasteiger partial charge in [0.2, 0.25) is 5.91 Å². The average Bonchev–Trinajstić information content (AvgIpc) is 2.91. The summed E-state index contributed by atoms with van der Waals surface area (Å²) >= 11 is 0. The monoisotopic (exact) mass is 441 g/mol. The van der Waals surface area contributed by atoms with Crippen molar-refractivity contribution in [1.29, 1.82) is 0 Å². The first-order valence-electron chi connectivity index (χ1n) is 12.0. The van der Waals surface area contributed by atoms with Crippen molar-refractivity contribution in [3.05, 3.63) is 84.2 Å². The molecule has 0 N–H and O–H groups in total. The van der Waals surface area contributed by atoms with Crippen LogP contribution >= 0.6 is 0 Å². The zero-order valence-electron chi connectivity index (χ0n) is 19.0. The molecule has 0 spiro atoms. The minimum Gasteiger partial charge on any atom is -0.356 e. The molecule has 0 unspecified atom stereocenters. The molecule has 0 bridgehead atoms. The third-order valence-electron chi connectivity index (χ3n) is 6.75. The lowest BCUT2D eigenvalue weighted by atomic mass is 9.90. The summed E-state index contributed by atoms with van der Waals surface area (Å²) in [4.78, 5) is 29.4. The van der Waals surface area contributed by atoms with Crippen LogP contribution in [-0.2, 0) is 4.79 Å². The number of piperidine rings is 1. The van der Waals surface area contributed by atoms with Gasteiger partial charge in [0.1, 0.15) is 18.0 Å². The average molecular weight is 442 g/mol. The van der Waals surface area contributed by atoms with E-state index in [0.717, 1.165) is 48.9 Å². The highest BCUT2D eigenvalue weighted by molar-refractivity contribution is 5.87. The fourth-order valence-electron chi connectivity index (χ4n) is 4.91. The van der Waals surface area contributed by atoms with E-state index in [1.165, 1.54) is 19.3 Å². The van der Waals surface area contributed by atoms with Crippen LogP contribution in [0.4, 0.5) is 11.6 Å². The second-order valence-corrected chi connectivity index (χ2v) is 8.85. The summed E-state index contributed by atoms with van der Waals surface area (Å²) in [6.45, 7) is 5.07. The van der Waals surface area contributed by atoms with Gasteiger partial charge in [0.25, 0.3) is 0 Å². The van der Waals surface area contributed by atoms with Gasteiger partial charge in [-0.05, 0) is 30.4 Å². The van der Waals surface area contributed by atoms with Crippen molar-refractivity contribution in [1.82, 2.24) is 14.9 Å². The molecule has 0 aliphatic carbocycles. The third kappa shape index (κ3) is 4.85. The maximum Gasteiger partial charge on any atom is 0.234 e. The fraction of sp³-hybridized carbons (Fsp3) is 0.370. The van der Waals surface area contributed by atoms with Gasteiger partial charge in [-0.15, -0.1) is 0 Å². The van der Waals surface area contributed by atoms with Crippen LogP contribution in [0.1, 0.15) is 36.3 Å². The van der Waals surface area contributed by atoms with Gasteiger partial charge in [-0.3, -0.25) is 4.79 Å². The minimum atomic E-state index is -0.274. The fourth-order valence-corrected chi connectivity index (χ4v) is 4.91. The van der Waals surface area contributed by atoms with Crippen LogP contribution in [0.15, 0.2) is 73.1 Å². The van der Waals surface area contributed by atoms with Gasteiger partial charge >= 0.3 is 0 Å². The first-order chi connectivity index (χ1) is 16.3. The smallest absolute Gasteiger partial charge is 0.234 e. The first kappa shape index (κ1) is 21.4. The molecule has 0 saturated carbocycles. The molecule has 6 nitrogen and oxygen atoms in total. The number of piperazine rings is 1. The van der Waals surface area contributed by atoms with Crippen LogP contribution in [0, 0.1) is 0 Å². The highest BCUT2D eigenvalue weighted by Crippen LogP contribution is 2.28. The number of rotatable bonds is 5. The lowest BCUT2D eigenvalue weighted by Gasteiger charge is -2.37. The van der Waals surface area contributed by atoms with E-state index in [0.29, 0.717) is 13.1 Å². The number of amides is 1. The molecule has 2 fully saturated rings. The Morgan fingerprint density at radius 2 is 1.18 bits per heavy atom. The van der Waals surface area contributed by atoms with Crippen molar-refractivity contribution < 1.29 is 4.79 Å². The normalized spacial score (nSPS) is 16.8. The van der Waals surface area contributed by atoms with E-state index in [1.807, 2.05) is 41.3 Å². The molecule has 1 aromatic heterocycles. The Hall–Kier alpha value is -3.41. The van der Waals surface area contributed by atoms with Crippen LogP contribution in [0.2, 0.25) is 0 Å². The van der Waals surface area contributed by atoms with Crippen LogP contribution in [0.3, 0.4) is 0 Å². The molecule has 170 valence electrons. The molecule has 6 heteroatoms. The van der Waals surface area contributed by atoms with Gasteiger partial charge in [0.05, 0.1) is 5.92 Å². The van der Waals surface area contributed by atoms with Crippen molar-refractivity contribution in [2.24, 2.45) is 0 Å². The zero-order valence-corrected chi connectivity index (χ0v) is 19.0. The molecule has 0 radical (unpaired) electrons. The highest BCUT2D eigenvalue weighted by atomic mass is 16.2. The lowest BCUT2D eigenvalue weighted by molar-refractivity contribution is -0.132. The van der Waals surface area contributed by atoms with Gasteiger partial charge in [-0.2, -0.15) is 0 Å². The Morgan fingerprint density at radius 3 is 1.73 bits per heavy atom. The Labute approximate surface area is 195 Å². The van der Waals surface area contributed by atoms with Gasteiger partial charge in [-0.25, -0.2) is 9.97 Å². The predicted octanol–water partition coefficient (Wildman–Crippen LogP) is 3.95. The summed E-state index contributed by atoms with van der Waals surface area (Å²) in [6, 6.07) is 22.3. The van der Waals surface area contributed by atoms with E-state index >= 15 is 0 Å². The molecule has 2 aliphatic heterocycles. The number of nitrogens with zero attached hydrogens (tertiary/aromatic N) is 5. The Kier molecular flexibility index (Phi) is 6.51. The van der Waals surface area contributed by atoms with Crippen molar-refractivity contribution in [2.45, 2.75) is 25.2 Å². The number of hydrogen-bond donors (Lipinski definition) is 0. The summed E-state index contributed by atoms with van der Waals surface area (Å²) in [5.41, 5.74) is 2.08. The van der Waals surface area contributed by atoms with E-state index < -0.39 is 0 Å². The predicted molar refractivity (Wildman–Crippen MR) is 132 cm³/mol. The summed E-state index contributed by atoms with van der Waals surface area (Å²) in [5.74, 6) is 1.87. The SMILES string of the molecule is O=C(C(c1ccccc1)c1ccccc1)N1CCN(c2cc(N3CCCCC3)ncn2)CC1. The van der Waals surface area contributed by atoms with Crippen LogP contribution in [-0.4, -0.2) is 60.0 Å². The molecule has 5 rings (SSSR count). The molecule has 33 heavy (non-hydrogen) atoms. The quantitative estimate of drug-likeness (QED) is 0.600. The van der Waals surface area contributed by atoms with Gasteiger partial charge in [0, 0.05) is 45.3 Å². The molecule has 2 aromatic carbocycles. The molecule has 3 heterocycles. The zero-order chi connectivity index (χ0) is 22.5. The molecule has 2 aliphatic rings. The van der Waals surface area contributed by atoms with E-state index in [9.17, 15) is 4.79 Å². The summed E-state index contributed by atoms with van der Waals surface area (Å²) < 4.78 is 0. The number of carbonyl (C=O) groups excluding carboxylic acids is 1. The molecule has 3 aromatic rings. The summed E-state index contributed by atoms with van der Waals surface area (Å²) in [7, 11) is 0. The largest absolute Gasteiger partial charge is 0.356 e. The number of carbonyl (C=O) groups is 1. The van der Waals surface area contributed by atoms with Gasteiger partial charge in [-0.1, -0.05) is 60.7 Å². The first-order valence-corrected chi connectivity index (χ1v) is 12.0. The lowest BCUT2D eigenvalue weighted by Crippen LogP contribution is -2.50. The molecule has 0 atom stereocenters. The van der Waals surface area contributed by atoms with E-state index in [2.05, 4.69) is 50.1 Å². The molecule has 1 amide bonds. The van der Waals surface area contributed by atoms with Gasteiger partial charge < -0.3 is 14.7 Å². The topological polar surface area (TPSA) is 52.6 Å². The minimum absolute atomic E-state index is 0.170. The van der Waals surface area contributed by atoms with Crippen molar-refractivity contribution in [3.8, 4) is 0 Å². The third-order valence-corrected chi connectivity index (χ3v) is 6.75. The molecular formula is C27H31N5O.